The molecule has 4 N–H and O–H groups in total. The molecule has 0 spiro atoms. The SMILES string of the molecule is CC(CO)SC(C)C(=N)N. The molecule has 0 heterocycles. The van der Waals surface area contributed by atoms with E-state index < -0.39 is 0 Å². The first-order valence-electron chi connectivity index (χ1n) is 3.18. The van der Waals surface area contributed by atoms with E-state index in [4.69, 9.17) is 16.2 Å². The minimum absolute atomic E-state index is 0.0159. The van der Waals surface area contributed by atoms with Gasteiger partial charge in [-0.2, -0.15) is 0 Å². The lowest BCUT2D eigenvalue weighted by Gasteiger charge is -2.12. The molecule has 0 bridgehead atoms. The van der Waals surface area contributed by atoms with Crippen LogP contribution in [0.3, 0.4) is 0 Å². The number of aliphatic hydroxyl groups is 1. The third kappa shape index (κ3) is 3.74. The lowest BCUT2D eigenvalue weighted by Crippen LogP contribution is -2.24. The van der Waals surface area contributed by atoms with E-state index in [0.717, 1.165) is 0 Å². The molecule has 4 heteroatoms. The summed E-state index contributed by atoms with van der Waals surface area (Å²) >= 11 is 1.51. The van der Waals surface area contributed by atoms with Crippen LogP contribution in [0, 0.1) is 5.41 Å². The summed E-state index contributed by atoms with van der Waals surface area (Å²) in [6, 6.07) is 0. The molecule has 0 saturated carbocycles. The highest BCUT2D eigenvalue weighted by Crippen LogP contribution is 2.15. The number of thioether (sulfide) groups is 1. The van der Waals surface area contributed by atoms with Gasteiger partial charge in [-0.25, -0.2) is 0 Å². The normalized spacial score (nSPS) is 16.3. The average Bonchev–Trinajstić information content (AvgIpc) is 1.87. The molecule has 0 aromatic heterocycles. The maximum absolute atomic E-state index is 8.63. The summed E-state index contributed by atoms with van der Waals surface area (Å²) < 4.78 is 0. The van der Waals surface area contributed by atoms with Gasteiger partial charge in [0.25, 0.3) is 0 Å². The molecule has 3 nitrogen and oxygen atoms in total. The molecule has 0 amide bonds. The molecule has 0 radical (unpaired) electrons. The first-order valence-corrected chi connectivity index (χ1v) is 4.12. The Morgan fingerprint density at radius 2 is 2.20 bits per heavy atom. The van der Waals surface area contributed by atoms with E-state index in [1.54, 1.807) is 0 Å². The van der Waals surface area contributed by atoms with Crippen LogP contribution in [0.25, 0.3) is 0 Å². The van der Waals surface area contributed by atoms with Crippen molar-refractivity contribution in [1.29, 1.82) is 5.41 Å². The van der Waals surface area contributed by atoms with Gasteiger partial charge >= 0.3 is 0 Å². The zero-order chi connectivity index (χ0) is 8.15. The predicted molar refractivity (Wildman–Crippen MR) is 45.5 cm³/mol. The first-order chi connectivity index (χ1) is 4.57. The fourth-order valence-corrected chi connectivity index (χ4v) is 1.39. The molecule has 0 aliphatic heterocycles. The zero-order valence-electron chi connectivity index (χ0n) is 6.29. The Labute approximate surface area is 65.5 Å². The Morgan fingerprint density at radius 1 is 1.70 bits per heavy atom. The van der Waals surface area contributed by atoms with Crippen LogP contribution in [0.5, 0.6) is 0 Å². The van der Waals surface area contributed by atoms with Crippen molar-refractivity contribution in [3.05, 3.63) is 0 Å². The lowest BCUT2D eigenvalue weighted by molar-refractivity contribution is 0.300. The number of nitrogens with one attached hydrogen (secondary N) is 1. The molecular formula is C6H14N2OS. The van der Waals surface area contributed by atoms with Crippen molar-refractivity contribution in [3.8, 4) is 0 Å². The fourth-order valence-electron chi connectivity index (χ4n) is 0.465. The summed E-state index contributed by atoms with van der Waals surface area (Å²) in [5.41, 5.74) is 5.22. The zero-order valence-corrected chi connectivity index (χ0v) is 7.11. The quantitative estimate of drug-likeness (QED) is 0.414. The van der Waals surface area contributed by atoms with Gasteiger partial charge in [-0.05, 0) is 6.92 Å². The summed E-state index contributed by atoms with van der Waals surface area (Å²) in [6.45, 7) is 3.91. The largest absolute Gasteiger partial charge is 0.395 e. The molecule has 2 atom stereocenters. The third-order valence-corrected chi connectivity index (χ3v) is 2.41. The number of nitrogens with two attached hydrogens (primary N) is 1. The molecule has 0 aromatic rings. The highest BCUT2D eigenvalue weighted by Gasteiger charge is 2.09. The Morgan fingerprint density at radius 3 is 2.50 bits per heavy atom. The van der Waals surface area contributed by atoms with Crippen molar-refractivity contribution in [1.82, 2.24) is 0 Å². The van der Waals surface area contributed by atoms with Gasteiger partial charge in [-0.15, -0.1) is 11.8 Å². The summed E-state index contributed by atoms with van der Waals surface area (Å²) in [5.74, 6) is 0.172. The highest BCUT2D eigenvalue weighted by atomic mass is 32.2. The average molecular weight is 162 g/mol. The lowest BCUT2D eigenvalue weighted by atomic mass is 10.4. The predicted octanol–water partition coefficient (Wildman–Crippen LogP) is 0.425. The van der Waals surface area contributed by atoms with Crippen molar-refractivity contribution in [2.24, 2.45) is 5.73 Å². The second-order valence-corrected chi connectivity index (χ2v) is 4.01. The van der Waals surface area contributed by atoms with Crippen LogP contribution < -0.4 is 5.73 Å². The maximum atomic E-state index is 8.63. The molecule has 10 heavy (non-hydrogen) atoms. The topological polar surface area (TPSA) is 70.1 Å². The highest BCUT2D eigenvalue weighted by molar-refractivity contribution is 8.01. The monoisotopic (exact) mass is 162 g/mol. The molecule has 0 aliphatic rings. The minimum Gasteiger partial charge on any atom is -0.395 e. The van der Waals surface area contributed by atoms with Gasteiger partial charge in [-0.1, -0.05) is 6.92 Å². The van der Waals surface area contributed by atoms with Crippen LogP contribution in [0.15, 0.2) is 0 Å². The second-order valence-electron chi connectivity index (χ2n) is 2.23. The van der Waals surface area contributed by atoms with Crippen LogP contribution >= 0.6 is 11.8 Å². The summed E-state index contributed by atoms with van der Waals surface area (Å²) in [7, 11) is 0. The van der Waals surface area contributed by atoms with Crippen LogP contribution in [0.4, 0.5) is 0 Å². The van der Waals surface area contributed by atoms with E-state index in [-0.39, 0.29) is 22.9 Å². The number of rotatable bonds is 4. The van der Waals surface area contributed by atoms with Gasteiger partial charge < -0.3 is 10.8 Å². The van der Waals surface area contributed by atoms with E-state index in [2.05, 4.69) is 0 Å². The third-order valence-electron chi connectivity index (χ3n) is 1.13. The second kappa shape index (κ2) is 4.57. The van der Waals surface area contributed by atoms with Crippen LogP contribution in [-0.4, -0.2) is 28.0 Å². The van der Waals surface area contributed by atoms with E-state index in [1.165, 1.54) is 11.8 Å². The molecule has 0 rings (SSSR count). The molecular weight excluding hydrogens is 148 g/mol. The summed E-state index contributed by atoms with van der Waals surface area (Å²) in [6.07, 6.45) is 0. The Hall–Kier alpha value is -0.220. The smallest absolute Gasteiger partial charge is 0.104 e. The Bertz CT molecular complexity index is 118. The minimum atomic E-state index is 0.0159. The first kappa shape index (κ1) is 9.78. The van der Waals surface area contributed by atoms with E-state index in [9.17, 15) is 0 Å². The van der Waals surface area contributed by atoms with E-state index in [1.807, 2.05) is 13.8 Å². The number of hydrogen-bond donors (Lipinski definition) is 3. The summed E-state index contributed by atoms with van der Waals surface area (Å²) in [4.78, 5) is 0. The van der Waals surface area contributed by atoms with Crippen LogP contribution in [0.2, 0.25) is 0 Å². The molecule has 0 aliphatic carbocycles. The summed E-state index contributed by atoms with van der Waals surface area (Å²) in [5, 5.41) is 15.9. The molecule has 60 valence electrons. The molecule has 0 fully saturated rings. The van der Waals surface area contributed by atoms with Crippen molar-refractivity contribution < 1.29 is 5.11 Å². The van der Waals surface area contributed by atoms with Gasteiger partial charge in [0.15, 0.2) is 0 Å². The molecule has 0 aromatic carbocycles. The molecule has 0 saturated heterocycles. The van der Waals surface area contributed by atoms with Gasteiger partial charge in [0.05, 0.1) is 11.9 Å². The van der Waals surface area contributed by atoms with Crippen LogP contribution in [-0.2, 0) is 0 Å². The van der Waals surface area contributed by atoms with Crippen molar-refractivity contribution >= 4 is 17.6 Å². The van der Waals surface area contributed by atoms with Gasteiger partial charge in [0, 0.05) is 5.25 Å². The number of aliphatic hydroxyl groups excluding tert-OH is 1. The van der Waals surface area contributed by atoms with Crippen molar-refractivity contribution in [3.63, 3.8) is 0 Å². The number of hydrogen-bond acceptors (Lipinski definition) is 3. The molecule has 2 unspecified atom stereocenters. The van der Waals surface area contributed by atoms with Crippen molar-refractivity contribution in [2.75, 3.05) is 6.61 Å². The van der Waals surface area contributed by atoms with E-state index in [0.29, 0.717) is 0 Å². The maximum Gasteiger partial charge on any atom is 0.104 e. The van der Waals surface area contributed by atoms with Crippen molar-refractivity contribution in [2.45, 2.75) is 24.3 Å². The standard InChI is InChI=1S/C6H14N2OS/c1-4(3-9)10-5(2)6(7)8/h4-5,9H,3H2,1-2H3,(H3,7,8). The van der Waals surface area contributed by atoms with Gasteiger partial charge in [0.2, 0.25) is 0 Å². The van der Waals surface area contributed by atoms with Gasteiger partial charge in [0.1, 0.15) is 5.84 Å². The van der Waals surface area contributed by atoms with Crippen LogP contribution in [0.1, 0.15) is 13.8 Å². The number of amidine groups is 1. The Balaban J connectivity index is 3.56. The van der Waals surface area contributed by atoms with Gasteiger partial charge in [-0.3, -0.25) is 5.41 Å². The fraction of sp³-hybridized carbons (Fsp3) is 0.833. The Kier molecular flexibility index (Phi) is 4.47. The van der Waals surface area contributed by atoms with E-state index >= 15 is 0 Å².